The van der Waals surface area contributed by atoms with Crippen LogP contribution in [0.4, 0.5) is 0 Å². The maximum Gasteiger partial charge on any atom is 0.192 e. The van der Waals surface area contributed by atoms with Crippen LogP contribution in [0.2, 0.25) is 0 Å². The average Bonchev–Trinajstić information content (AvgIpc) is 2.29. The topological polar surface area (TPSA) is 79.8 Å². The van der Waals surface area contributed by atoms with Crippen LogP contribution in [0, 0.1) is 12.3 Å². The van der Waals surface area contributed by atoms with Crippen molar-refractivity contribution in [2.75, 3.05) is 44.9 Å². The first-order valence-electron chi connectivity index (χ1n) is 5.70. The predicted octanol–water partition coefficient (Wildman–Crippen LogP) is -0.146. The van der Waals surface area contributed by atoms with Crippen molar-refractivity contribution in [3.8, 4) is 12.3 Å². The summed E-state index contributed by atoms with van der Waals surface area (Å²) in [5, 5.41) is 5.96. The van der Waals surface area contributed by atoms with Gasteiger partial charge in [-0.05, 0) is 6.92 Å². The Bertz CT molecular complexity index is 390. The van der Waals surface area contributed by atoms with Crippen LogP contribution >= 0.6 is 24.0 Å². The molecule has 8 heteroatoms. The molecule has 0 aromatic heterocycles. The van der Waals surface area contributed by atoms with E-state index in [4.69, 9.17) is 11.2 Å². The lowest BCUT2D eigenvalue weighted by molar-refractivity contribution is 0.157. The summed E-state index contributed by atoms with van der Waals surface area (Å²) in [6.45, 7) is 4.12. The number of hydrogen-bond acceptors (Lipinski definition) is 4. The van der Waals surface area contributed by atoms with Crippen molar-refractivity contribution in [3.05, 3.63) is 0 Å². The number of ether oxygens (including phenoxy) is 1. The maximum absolute atomic E-state index is 10.8. The van der Waals surface area contributed by atoms with E-state index >= 15 is 0 Å². The molecule has 0 aromatic rings. The fourth-order valence-electron chi connectivity index (χ4n) is 1.01. The standard InChI is InChI=1S/C11H21N3O3S.HI/c1-4-6-13-11(12-5-2)14-7-8-17-9-10-18(3,15)16;/h1H,5-10H2,2-3H3,(H2,12,13,14);1H. The Hall–Kier alpha value is -0.530. The highest BCUT2D eigenvalue weighted by atomic mass is 127. The first kappa shape index (κ1) is 20.8. The van der Waals surface area contributed by atoms with Crippen LogP contribution < -0.4 is 10.6 Å². The smallest absolute Gasteiger partial charge is 0.192 e. The number of guanidine groups is 1. The molecule has 0 unspecified atom stereocenters. The summed E-state index contributed by atoms with van der Waals surface area (Å²) < 4.78 is 26.8. The minimum Gasteiger partial charge on any atom is -0.378 e. The fourth-order valence-corrected chi connectivity index (χ4v) is 1.43. The Labute approximate surface area is 132 Å². The minimum atomic E-state index is -2.96. The van der Waals surface area contributed by atoms with Gasteiger partial charge in [0, 0.05) is 12.8 Å². The van der Waals surface area contributed by atoms with Gasteiger partial charge in [0.2, 0.25) is 0 Å². The zero-order valence-electron chi connectivity index (χ0n) is 11.3. The number of terminal acetylenes is 1. The van der Waals surface area contributed by atoms with Crippen molar-refractivity contribution >= 4 is 39.8 Å². The Morgan fingerprint density at radius 2 is 2.05 bits per heavy atom. The fraction of sp³-hybridized carbons (Fsp3) is 0.727. The molecule has 0 spiro atoms. The Morgan fingerprint density at radius 3 is 2.58 bits per heavy atom. The van der Waals surface area contributed by atoms with E-state index in [1.165, 1.54) is 6.26 Å². The van der Waals surface area contributed by atoms with Crippen molar-refractivity contribution in [2.24, 2.45) is 4.99 Å². The molecule has 0 bridgehead atoms. The molecule has 0 saturated heterocycles. The van der Waals surface area contributed by atoms with E-state index in [1.807, 2.05) is 6.92 Å². The molecule has 0 aliphatic rings. The molecule has 112 valence electrons. The highest BCUT2D eigenvalue weighted by Gasteiger charge is 2.00. The van der Waals surface area contributed by atoms with Crippen LogP contribution in [0.3, 0.4) is 0 Å². The average molecular weight is 403 g/mol. The first-order valence-corrected chi connectivity index (χ1v) is 7.76. The monoisotopic (exact) mass is 403 g/mol. The summed E-state index contributed by atoms with van der Waals surface area (Å²) in [6.07, 6.45) is 6.31. The lowest BCUT2D eigenvalue weighted by Crippen LogP contribution is -2.37. The van der Waals surface area contributed by atoms with Gasteiger partial charge in [-0.2, -0.15) is 0 Å². The predicted molar refractivity (Wildman–Crippen MR) is 88.8 cm³/mol. The molecule has 0 fully saturated rings. The van der Waals surface area contributed by atoms with Gasteiger partial charge >= 0.3 is 0 Å². The van der Waals surface area contributed by atoms with Gasteiger partial charge < -0.3 is 15.4 Å². The van der Waals surface area contributed by atoms with Crippen LogP contribution in [0.25, 0.3) is 0 Å². The van der Waals surface area contributed by atoms with E-state index in [2.05, 4.69) is 21.5 Å². The third-order valence-electron chi connectivity index (χ3n) is 1.81. The van der Waals surface area contributed by atoms with Crippen molar-refractivity contribution in [2.45, 2.75) is 6.92 Å². The Kier molecular flexibility index (Phi) is 13.7. The maximum atomic E-state index is 10.8. The molecule has 2 N–H and O–H groups in total. The summed E-state index contributed by atoms with van der Waals surface area (Å²) >= 11 is 0. The molecule has 19 heavy (non-hydrogen) atoms. The second-order valence-electron chi connectivity index (χ2n) is 3.56. The summed E-state index contributed by atoms with van der Waals surface area (Å²) in [5.74, 6) is 3.11. The second-order valence-corrected chi connectivity index (χ2v) is 5.82. The zero-order chi connectivity index (χ0) is 13.9. The van der Waals surface area contributed by atoms with Crippen LogP contribution in [0.5, 0.6) is 0 Å². The second kappa shape index (κ2) is 12.5. The van der Waals surface area contributed by atoms with Crippen LogP contribution in [0.15, 0.2) is 4.99 Å². The van der Waals surface area contributed by atoms with E-state index in [1.54, 1.807) is 0 Å². The molecular formula is C11H22IN3O3S. The molecule has 0 heterocycles. The number of aliphatic imine (C=N–C) groups is 1. The molecule has 0 aromatic carbocycles. The zero-order valence-corrected chi connectivity index (χ0v) is 14.5. The molecule has 0 aliphatic heterocycles. The van der Waals surface area contributed by atoms with E-state index < -0.39 is 9.84 Å². The molecule has 0 atom stereocenters. The van der Waals surface area contributed by atoms with Crippen molar-refractivity contribution < 1.29 is 13.2 Å². The Balaban J connectivity index is 0. The normalized spacial score (nSPS) is 11.3. The van der Waals surface area contributed by atoms with Gasteiger partial charge in [-0.3, -0.25) is 4.99 Å². The number of halogens is 1. The minimum absolute atomic E-state index is 0. The summed E-state index contributed by atoms with van der Waals surface area (Å²) in [6, 6.07) is 0. The van der Waals surface area contributed by atoms with Gasteiger partial charge in [0.25, 0.3) is 0 Å². The summed E-state index contributed by atoms with van der Waals surface area (Å²) in [7, 11) is -2.96. The molecule has 0 radical (unpaired) electrons. The number of sulfone groups is 1. The van der Waals surface area contributed by atoms with Crippen LogP contribution in [0.1, 0.15) is 6.92 Å². The lowest BCUT2D eigenvalue weighted by Gasteiger charge is -2.08. The van der Waals surface area contributed by atoms with Crippen molar-refractivity contribution in [3.63, 3.8) is 0 Å². The van der Waals surface area contributed by atoms with Crippen molar-refractivity contribution in [1.82, 2.24) is 10.6 Å². The molecular weight excluding hydrogens is 381 g/mol. The van der Waals surface area contributed by atoms with Gasteiger partial charge in [-0.25, -0.2) is 8.42 Å². The van der Waals surface area contributed by atoms with E-state index in [0.717, 1.165) is 6.54 Å². The number of nitrogens with zero attached hydrogens (tertiary/aromatic N) is 1. The summed E-state index contributed by atoms with van der Waals surface area (Å²) in [4.78, 5) is 4.21. The van der Waals surface area contributed by atoms with Gasteiger partial charge in [-0.15, -0.1) is 30.4 Å². The van der Waals surface area contributed by atoms with Gasteiger partial charge in [0.05, 0.1) is 32.1 Å². The highest BCUT2D eigenvalue weighted by molar-refractivity contribution is 14.0. The number of nitrogens with one attached hydrogen (secondary N) is 2. The van der Waals surface area contributed by atoms with Crippen molar-refractivity contribution in [1.29, 1.82) is 0 Å². The van der Waals surface area contributed by atoms with E-state index in [-0.39, 0.29) is 36.3 Å². The van der Waals surface area contributed by atoms with E-state index in [9.17, 15) is 8.42 Å². The largest absolute Gasteiger partial charge is 0.378 e. The van der Waals surface area contributed by atoms with Gasteiger partial charge in [0.1, 0.15) is 9.84 Å². The quantitative estimate of drug-likeness (QED) is 0.194. The number of rotatable bonds is 8. The Morgan fingerprint density at radius 1 is 1.37 bits per heavy atom. The molecule has 6 nitrogen and oxygen atoms in total. The molecule has 0 rings (SSSR count). The summed E-state index contributed by atoms with van der Waals surface area (Å²) in [5.41, 5.74) is 0. The third kappa shape index (κ3) is 15.4. The van der Waals surface area contributed by atoms with Gasteiger partial charge in [0.15, 0.2) is 5.96 Å². The molecule has 0 aliphatic carbocycles. The SMILES string of the molecule is C#CCNC(=NCCOCCS(C)(=O)=O)NCC.I. The third-order valence-corrected chi connectivity index (χ3v) is 2.71. The van der Waals surface area contributed by atoms with Gasteiger partial charge in [-0.1, -0.05) is 5.92 Å². The number of hydrogen-bond donors (Lipinski definition) is 2. The first-order chi connectivity index (χ1) is 8.49. The highest BCUT2D eigenvalue weighted by Crippen LogP contribution is 1.84. The molecule has 0 saturated carbocycles. The molecule has 0 amide bonds. The van der Waals surface area contributed by atoms with E-state index in [0.29, 0.717) is 25.7 Å². The van der Waals surface area contributed by atoms with Crippen LogP contribution in [-0.4, -0.2) is 59.2 Å². The van der Waals surface area contributed by atoms with Crippen LogP contribution in [-0.2, 0) is 14.6 Å². The lowest BCUT2D eigenvalue weighted by atomic mass is 10.6.